The van der Waals surface area contributed by atoms with E-state index in [1.807, 2.05) is 11.0 Å². The quantitative estimate of drug-likeness (QED) is 0.638. The summed E-state index contributed by atoms with van der Waals surface area (Å²) in [4.78, 5) is 7.66. The summed E-state index contributed by atoms with van der Waals surface area (Å²) in [5, 5.41) is 14.5. The van der Waals surface area contributed by atoms with Crippen molar-refractivity contribution in [3.8, 4) is 5.75 Å². The molecule has 0 saturated carbocycles. The smallest absolute Gasteiger partial charge is 0.260 e. The van der Waals surface area contributed by atoms with Crippen molar-refractivity contribution in [3.05, 3.63) is 65.0 Å². The number of piperidine rings is 1. The molecule has 2 heterocycles. The number of sulfonamides is 1. The highest BCUT2D eigenvalue weighted by atomic mass is 32.2. The Kier molecular flexibility index (Phi) is 6.31. The van der Waals surface area contributed by atoms with Crippen molar-refractivity contribution in [1.29, 1.82) is 0 Å². The number of aliphatic hydroxyl groups is 1. The largest absolute Gasteiger partial charge is 0.495 e. The third kappa shape index (κ3) is 4.40. The van der Waals surface area contributed by atoms with Gasteiger partial charge in [0, 0.05) is 12.1 Å². The number of ether oxygens (including phenoxy) is 1. The van der Waals surface area contributed by atoms with Crippen LogP contribution in [0.2, 0.25) is 0 Å². The zero-order chi connectivity index (χ0) is 23.6. The Balaban J connectivity index is 1.64. The molecular formula is C23H26FN3O5S. The van der Waals surface area contributed by atoms with Crippen LogP contribution in [0.15, 0.2) is 53.2 Å². The maximum absolute atomic E-state index is 13.4. The lowest BCUT2D eigenvalue weighted by atomic mass is 9.95. The molecule has 0 spiro atoms. The van der Waals surface area contributed by atoms with Crippen molar-refractivity contribution < 1.29 is 27.5 Å². The number of anilines is 1. The van der Waals surface area contributed by atoms with Gasteiger partial charge in [0.25, 0.3) is 5.72 Å². The van der Waals surface area contributed by atoms with E-state index < -0.39 is 15.7 Å². The van der Waals surface area contributed by atoms with Gasteiger partial charge < -0.3 is 19.6 Å². The molecule has 4 rings (SSSR count). The second-order valence-corrected chi connectivity index (χ2v) is 9.86. The fraction of sp³-hybridized carbons (Fsp3) is 0.348. The number of methoxy groups -OCH3 is 1. The number of halogens is 1. The van der Waals surface area contributed by atoms with Gasteiger partial charge in [0.1, 0.15) is 18.2 Å². The predicted octanol–water partition coefficient (Wildman–Crippen LogP) is 3.26. The molecule has 176 valence electrons. The monoisotopic (exact) mass is 475 g/mol. The van der Waals surface area contributed by atoms with E-state index in [-0.39, 0.29) is 18.2 Å². The number of hydrogen-bond acceptors (Lipinski definition) is 7. The molecule has 2 aliphatic heterocycles. The minimum atomic E-state index is -3.44. The van der Waals surface area contributed by atoms with Gasteiger partial charge >= 0.3 is 0 Å². The summed E-state index contributed by atoms with van der Waals surface area (Å²) in [6.45, 7) is 1.83. The van der Waals surface area contributed by atoms with Crippen molar-refractivity contribution in [1.82, 2.24) is 4.90 Å². The van der Waals surface area contributed by atoms with E-state index in [9.17, 15) is 17.9 Å². The molecule has 0 aliphatic carbocycles. The third-order valence-electron chi connectivity index (χ3n) is 5.81. The summed E-state index contributed by atoms with van der Waals surface area (Å²) in [6, 6.07) is 11.0. The van der Waals surface area contributed by atoms with E-state index in [2.05, 4.69) is 9.88 Å². The van der Waals surface area contributed by atoms with Crippen LogP contribution in [0, 0.1) is 5.82 Å². The van der Waals surface area contributed by atoms with Crippen molar-refractivity contribution in [2.75, 3.05) is 30.7 Å². The number of hydrogen-bond donors (Lipinski definition) is 2. The Morgan fingerprint density at radius 2 is 2.06 bits per heavy atom. The molecule has 1 unspecified atom stereocenters. The number of fused-ring (bicyclic) bond motifs is 1. The SMILES string of the molecule is CCS(=O)(=O)Nc1ccc(/C=C2\CCCN3C2=NOC3(CO)c2ccc(F)cc2)cc1OC. The van der Waals surface area contributed by atoms with E-state index >= 15 is 0 Å². The molecule has 2 aliphatic rings. The highest BCUT2D eigenvalue weighted by molar-refractivity contribution is 7.92. The molecule has 8 nitrogen and oxygen atoms in total. The third-order valence-corrected chi connectivity index (χ3v) is 7.10. The van der Waals surface area contributed by atoms with Gasteiger partial charge in [-0.2, -0.15) is 0 Å². The number of amidine groups is 1. The zero-order valence-corrected chi connectivity index (χ0v) is 19.2. The lowest BCUT2D eigenvalue weighted by molar-refractivity contribution is -0.137. The molecule has 0 aromatic heterocycles. The fourth-order valence-corrected chi connectivity index (χ4v) is 4.68. The van der Waals surface area contributed by atoms with Crippen molar-refractivity contribution in [2.45, 2.75) is 25.5 Å². The molecule has 0 radical (unpaired) electrons. The molecule has 1 atom stereocenters. The van der Waals surface area contributed by atoms with Crippen molar-refractivity contribution >= 4 is 27.6 Å². The van der Waals surface area contributed by atoms with Crippen LogP contribution in [0.25, 0.3) is 6.08 Å². The first kappa shape index (κ1) is 23.1. The summed E-state index contributed by atoms with van der Waals surface area (Å²) in [7, 11) is -1.96. The number of nitrogens with zero attached hydrogens (tertiary/aromatic N) is 2. The van der Waals surface area contributed by atoms with Gasteiger partial charge in [-0.25, -0.2) is 12.8 Å². The average molecular weight is 476 g/mol. The number of benzene rings is 2. The molecule has 33 heavy (non-hydrogen) atoms. The summed E-state index contributed by atoms with van der Waals surface area (Å²) >= 11 is 0. The zero-order valence-electron chi connectivity index (χ0n) is 18.4. The van der Waals surface area contributed by atoms with E-state index in [0.717, 1.165) is 24.0 Å². The van der Waals surface area contributed by atoms with Gasteiger partial charge in [-0.05, 0) is 73.4 Å². The molecule has 2 aromatic rings. The van der Waals surface area contributed by atoms with Gasteiger partial charge in [0.15, 0.2) is 5.84 Å². The maximum Gasteiger partial charge on any atom is 0.260 e. The van der Waals surface area contributed by atoms with Gasteiger partial charge in [-0.3, -0.25) is 4.72 Å². The second kappa shape index (κ2) is 9.03. The molecule has 2 N–H and O–H groups in total. The summed E-state index contributed by atoms with van der Waals surface area (Å²) in [5.74, 6) is 0.589. The number of nitrogens with one attached hydrogen (secondary N) is 1. The number of aliphatic hydroxyl groups excluding tert-OH is 1. The normalized spacial score (nSPS) is 21.4. The molecule has 1 saturated heterocycles. The van der Waals surface area contributed by atoms with Crippen LogP contribution in [0.4, 0.5) is 10.1 Å². The van der Waals surface area contributed by atoms with Gasteiger partial charge in [-0.1, -0.05) is 11.2 Å². The molecule has 10 heteroatoms. The average Bonchev–Trinajstić information content (AvgIpc) is 3.21. The number of oxime groups is 1. The lowest BCUT2D eigenvalue weighted by Crippen LogP contribution is -2.51. The molecular weight excluding hydrogens is 449 g/mol. The highest BCUT2D eigenvalue weighted by Gasteiger charge is 2.49. The van der Waals surface area contributed by atoms with Crippen LogP contribution in [0.5, 0.6) is 5.75 Å². The predicted molar refractivity (Wildman–Crippen MR) is 124 cm³/mol. The van der Waals surface area contributed by atoms with Crippen LogP contribution in [-0.4, -0.2) is 50.3 Å². The summed E-state index contributed by atoms with van der Waals surface area (Å²) < 4.78 is 45.2. The number of rotatable bonds is 7. The lowest BCUT2D eigenvalue weighted by Gasteiger charge is -2.38. The van der Waals surface area contributed by atoms with Crippen LogP contribution in [0.1, 0.15) is 30.9 Å². The Morgan fingerprint density at radius 1 is 1.30 bits per heavy atom. The summed E-state index contributed by atoms with van der Waals surface area (Å²) in [6.07, 6.45) is 3.49. The van der Waals surface area contributed by atoms with Crippen LogP contribution in [0.3, 0.4) is 0 Å². The molecule has 2 aromatic carbocycles. The molecule has 0 bridgehead atoms. The Labute approximate surface area is 192 Å². The second-order valence-electron chi connectivity index (χ2n) is 7.85. The van der Waals surface area contributed by atoms with Crippen LogP contribution in [-0.2, 0) is 20.6 Å². The van der Waals surface area contributed by atoms with Crippen LogP contribution >= 0.6 is 0 Å². The van der Waals surface area contributed by atoms with Gasteiger partial charge in [0.2, 0.25) is 10.0 Å². The van der Waals surface area contributed by atoms with Gasteiger partial charge in [-0.15, -0.1) is 0 Å². The Hall–Kier alpha value is -3.11. The standard InChI is InChI=1S/C23H26FN3O5S/c1-3-33(29,30)26-20-11-6-16(14-21(20)31-2)13-17-5-4-12-27-22(17)25-32-23(27,15-28)18-7-9-19(24)10-8-18/h6-11,13-14,26,28H,3-5,12,15H2,1-2H3/b17-13+. The first-order valence-corrected chi connectivity index (χ1v) is 12.3. The Morgan fingerprint density at radius 3 is 2.73 bits per heavy atom. The topological polar surface area (TPSA) is 100 Å². The minimum absolute atomic E-state index is 0.0434. The minimum Gasteiger partial charge on any atom is -0.495 e. The van der Waals surface area contributed by atoms with E-state index in [0.29, 0.717) is 29.4 Å². The first-order valence-electron chi connectivity index (χ1n) is 10.6. The highest BCUT2D eigenvalue weighted by Crippen LogP contribution is 2.40. The fourth-order valence-electron chi connectivity index (χ4n) is 4.03. The van der Waals surface area contributed by atoms with Crippen LogP contribution < -0.4 is 9.46 Å². The van der Waals surface area contributed by atoms with Gasteiger partial charge in [0.05, 0.1) is 18.6 Å². The molecule has 0 amide bonds. The first-order chi connectivity index (χ1) is 15.8. The van der Waals surface area contributed by atoms with E-state index in [1.54, 1.807) is 37.3 Å². The molecule has 1 fully saturated rings. The summed E-state index contributed by atoms with van der Waals surface area (Å²) in [5.41, 5.74) is 1.48. The Bertz CT molecular complexity index is 1200. The maximum atomic E-state index is 13.4. The van der Waals surface area contributed by atoms with E-state index in [1.165, 1.54) is 19.2 Å². The van der Waals surface area contributed by atoms with Crippen molar-refractivity contribution in [3.63, 3.8) is 0 Å². The van der Waals surface area contributed by atoms with Crippen molar-refractivity contribution in [2.24, 2.45) is 5.16 Å². The van der Waals surface area contributed by atoms with E-state index in [4.69, 9.17) is 9.57 Å².